The van der Waals surface area contributed by atoms with E-state index in [9.17, 15) is 9.59 Å². The number of aromatic nitrogens is 2. The average molecular weight is 273 g/mol. The highest BCUT2D eigenvalue weighted by Crippen LogP contribution is 2.26. The van der Waals surface area contributed by atoms with Crippen LogP contribution in [0.15, 0.2) is 40.9 Å². The lowest BCUT2D eigenvalue weighted by Crippen LogP contribution is -2.09. The van der Waals surface area contributed by atoms with E-state index < -0.39 is 11.9 Å². The van der Waals surface area contributed by atoms with Crippen molar-refractivity contribution in [2.75, 3.05) is 5.32 Å². The zero-order chi connectivity index (χ0) is 14.5. The number of aryl methyl sites for hydroxylation is 1. The molecule has 2 N–H and O–H groups in total. The van der Waals surface area contributed by atoms with Crippen LogP contribution < -0.4 is 5.32 Å². The lowest BCUT2D eigenvalue weighted by Gasteiger charge is -2.05. The Morgan fingerprint density at radius 3 is 2.70 bits per heavy atom. The van der Waals surface area contributed by atoms with Gasteiger partial charge >= 0.3 is 5.97 Å². The van der Waals surface area contributed by atoms with Gasteiger partial charge in [-0.2, -0.15) is 4.98 Å². The minimum atomic E-state index is -1.19. The van der Waals surface area contributed by atoms with Gasteiger partial charge in [-0.15, -0.1) is 0 Å². The third-order valence-corrected chi connectivity index (χ3v) is 2.32. The Balaban J connectivity index is 2.25. The number of carbonyl (C=O) groups excluding carboxylic acids is 1. The molecule has 7 nitrogen and oxygen atoms in total. The largest absolute Gasteiger partial charge is 0.478 e. The molecule has 0 radical (unpaired) electrons. The number of aliphatic carboxylic acids is 1. The highest BCUT2D eigenvalue weighted by atomic mass is 16.5. The van der Waals surface area contributed by atoms with E-state index in [1.807, 2.05) is 0 Å². The zero-order valence-corrected chi connectivity index (χ0v) is 10.5. The van der Waals surface area contributed by atoms with Crippen LogP contribution in [0.25, 0.3) is 11.5 Å². The zero-order valence-electron chi connectivity index (χ0n) is 10.5. The van der Waals surface area contributed by atoms with E-state index in [4.69, 9.17) is 9.63 Å². The first-order valence-corrected chi connectivity index (χ1v) is 5.68. The maximum atomic E-state index is 11.6. The van der Waals surface area contributed by atoms with Crippen molar-refractivity contribution in [2.24, 2.45) is 0 Å². The Morgan fingerprint density at radius 2 is 2.05 bits per heavy atom. The number of amides is 1. The number of para-hydroxylation sites is 1. The first kappa shape index (κ1) is 13.5. The van der Waals surface area contributed by atoms with Crippen LogP contribution in [-0.4, -0.2) is 27.1 Å². The van der Waals surface area contributed by atoms with E-state index >= 15 is 0 Å². The second-order valence-electron chi connectivity index (χ2n) is 3.85. The summed E-state index contributed by atoms with van der Waals surface area (Å²) in [4.78, 5) is 26.0. The van der Waals surface area contributed by atoms with E-state index in [-0.39, 0.29) is 5.89 Å². The molecule has 0 aliphatic carbocycles. The molecule has 0 bridgehead atoms. The molecule has 1 heterocycles. The van der Waals surface area contributed by atoms with Crippen LogP contribution in [0.3, 0.4) is 0 Å². The number of carboxylic acids is 1. The molecule has 0 fully saturated rings. The Hall–Kier alpha value is -2.96. The number of carbonyl (C=O) groups is 2. The third kappa shape index (κ3) is 3.29. The molecule has 0 unspecified atom stereocenters. The quantitative estimate of drug-likeness (QED) is 0.820. The van der Waals surface area contributed by atoms with Crippen molar-refractivity contribution in [1.29, 1.82) is 0 Å². The first-order chi connectivity index (χ1) is 9.56. The monoisotopic (exact) mass is 273 g/mol. The van der Waals surface area contributed by atoms with E-state index in [0.717, 1.165) is 12.2 Å². The molecular weight excluding hydrogens is 262 g/mol. The molecule has 0 aliphatic rings. The highest BCUT2D eigenvalue weighted by molar-refractivity contribution is 6.04. The minimum Gasteiger partial charge on any atom is -0.478 e. The van der Waals surface area contributed by atoms with Gasteiger partial charge in [0.25, 0.3) is 5.89 Å². The number of benzene rings is 1. The normalized spacial score (nSPS) is 10.7. The topological polar surface area (TPSA) is 105 Å². The summed E-state index contributed by atoms with van der Waals surface area (Å²) in [5, 5.41) is 14.7. The molecule has 1 aromatic carbocycles. The number of hydrogen-bond donors (Lipinski definition) is 2. The third-order valence-electron chi connectivity index (χ3n) is 2.32. The number of anilines is 1. The maximum Gasteiger partial charge on any atom is 0.328 e. The summed E-state index contributed by atoms with van der Waals surface area (Å²) in [7, 11) is 0. The SMILES string of the molecule is Cc1noc(-c2ccccc2NC(=O)/C=C/C(=O)O)n1. The number of rotatable bonds is 4. The molecule has 7 heteroatoms. The fourth-order valence-electron chi connectivity index (χ4n) is 1.51. The standard InChI is InChI=1S/C13H11N3O4/c1-8-14-13(20-16-8)9-4-2-3-5-10(9)15-11(17)6-7-12(18)19/h2-7H,1H3,(H,15,17)(H,18,19)/b7-6+. The second-order valence-corrected chi connectivity index (χ2v) is 3.85. The molecule has 0 aliphatic heterocycles. The van der Waals surface area contributed by atoms with Crippen molar-refractivity contribution in [3.8, 4) is 11.5 Å². The summed E-state index contributed by atoms with van der Waals surface area (Å²) in [6, 6.07) is 6.85. The van der Waals surface area contributed by atoms with Crippen molar-refractivity contribution in [1.82, 2.24) is 10.1 Å². The van der Waals surface area contributed by atoms with Crippen LogP contribution >= 0.6 is 0 Å². The van der Waals surface area contributed by atoms with Crippen molar-refractivity contribution in [2.45, 2.75) is 6.92 Å². The predicted molar refractivity (Wildman–Crippen MR) is 69.9 cm³/mol. The summed E-state index contributed by atoms with van der Waals surface area (Å²) in [5.41, 5.74) is 1.02. The Labute approximate surface area is 113 Å². The van der Waals surface area contributed by atoms with Gasteiger partial charge in [0.15, 0.2) is 5.82 Å². The molecular formula is C13H11N3O4. The van der Waals surface area contributed by atoms with E-state index in [2.05, 4.69) is 15.5 Å². The average Bonchev–Trinajstić information content (AvgIpc) is 2.83. The fourth-order valence-corrected chi connectivity index (χ4v) is 1.51. The van der Waals surface area contributed by atoms with Gasteiger partial charge in [0.2, 0.25) is 5.91 Å². The van der Waals surface area contributed by atoms with Gasteiger partial charge in [-0.25, -0.2) is 4.79 Å². The summed E-state index contributed by atoms with van der Waals surface area (Å²) in [6.07, 6.45) is 1.69. The van der Waals surface area contributed by atoms with E-state index in [1.165, 1.54) is 0 Å². The van der Waals surface area contributed by atoms with Crippen molar-refractivity contribution < 1.29 is 19.2 Å². The molecule has 2 aromatic rings. The fraction of sp³-hybridized carbons (Fsp3) is 0.0769. The molecule has 1 aromatic heterocycles. The lowest BCUT2D eigenvalue weighted by molar-refractivity contribution is -0.131. The number of nitrogens with zero attached hydrogens (tertiary/aromatic N) is 2. The van der Waals surface area contributed by atoms with Crippen LogP contribution in [0.5, 0.6) is 0 Å². The van der Waals surface area contributed by atoms with Gasteiger partial charge < -0.3 is 14.9 Å². The summed E-state index contributed by atoms with van der Waals surface area (Å²) >= 11 is 0. The van der Waals surface area contributed by atoms with Crippen LogP contribution in [-0.2, 0) is 9.59 Å². The van der Waals surface area contributed by atoms with Crippen molar-refractivity contribution >= 4 is 17.6 Å². The highest BCUT2D eigenvalue weighted by Gasteiger charge is 2.12. The number of hydrogen-bond acceptors (Lipinski definition) is 5. The minimum absolute atomic E-state index is 0.278. The van der Waals surface area contributed by atoms with Gasteiger partial charge in [0, 0.05) is 12.2 Å². The van der Waals surface area contributed by atoms with Crippen LogP contribution in [0, 0.1) is 6.92 Å². The van der Waals surface area contributed by atoms with Gasteiger partial charge in [-0.05, 0) is 19.1 Å². The first-order valence-electron chi connectivity index (χ1n) is 5.68. The van der Waals surface area contributed by atoms with E-state index in [0.29, 0.717) is 17.1 Å². The Morgan fingerprint density at radius 1 is 1.30 bits per heavy atom. The van der Waals surface area contributed by atoms with Gasteiger partial charge in [-0.3, -0.25) is 4.79 Å². The Kier molecular flexibility index (Phi) is 3.90. The summed E-state index contributed by atoms with van der Waals surface area (Å²) in [6.45, 7) is 1.68. The van der Waals surface area contributed by atoms with Gasteiger partial charge in [0.1, 0.15) is 0 Å². The molecule has 0 saturated heterocycles. The molecule has 20 heavy (non-hydrogen) atoms. The Bertz CT molecular complexity index is 676. The molecule has 0 saturated carbocycles. The van der Waals surface area contributed by atoms with Gasteiger partial charge in [0.05, 0.1) is 11.3 Å². The summed E-state index contributed by atoms with van der Waals surface area (Å²) in [5.74, 6) is -0.996. The number of carboxylic acid groups (broad SMARTS) is 1. The second kappa shape index (κ2) is 5.79. The predicted octanol–water partition coefficient (Wildman–Crippen LogP) is 1.62. The molecule has 0 spiro atoms. The lowest BCUT2D eigenvalue weighted by atomic mass is 10.1. The summed E-state index contributed by atoms with van der Waals surface area (Å²) < 4.78 is 5.05. The molecule has 0 atom stereocenters. The van der Waals surface area contributed by atoms with E-state index in [1.54, 1.807) is 31.2 Å². The molecule has 2 rings (SSSR count). The maximum absolute atomic E-state index is 11.6. The van der Waals surface area contributed by atoms with Crippen LogP contribution in [0.4, 0.5) is 5.69 Å². The smallest absolute Gasteiger partial charge is 0.328 e. The van der Waals surface area contributed by atoms with Crippen LogP contribution in [0.1, 0.15) is 5.82 Å². The number of nitrogens with one attached hydrogen (secondary N) is 1. The van der Waals surface area contributed by atoms with Crippen molar-refractivity contribution in [3.05, 3.63) is 42.2 Å². The van der Waals surface area contributed by atoms with Crippen LogP contribution in [0.2, 0.25) is 0 Å². The molecule has 1 amide bonds. The molecule has 102 valence electrons. The van der Waals surface area contributed by atoms with Gasteiger partial charge in [-0.1, -0.05) is 17.3 Å². The van der Waals surface area contributed by atoms with Crippen molar-refractivity contribution in [3.63, 3.8) is 0 Å².